The van der Waals surface area contributed by atoms with Crippen LogP contribution in [0.15, 0.2) is 298 Å². The molecule has 0 fully saturated rings. The minimum atomic E-state index is -4.83. The van der Waals surface area contributed by atoms with Gasteiger partial charge < -0.3 is 9.13 Å². The second-order valence-corrected chi connectivity index (χ2v) is 23.2. The van der Waals surface area contributed by atoms with Crippen molar-refractivity contribution in [3.05, 3.63) is 320 Å². The summed E-state index contributed by atoms with van der Waals surface area (Å²) in [5.41, 5.74) is 17.8. The first-order valence-corrected chi connectivity index (χ1v) is 30.5. The van der Waals surface area contributed by atoms with Crippen LogP contribution in [-0.2, 0) is 6.18 Å². The molecule has 6 aromatic heterocycles. The summed E-state index contributed by atoms with van der Waals surface area (Å²) in [6.45, 7) is 8.29. The molecule has 94 heavy (non-hydrogen) atoms. The van der Waals surface area contributed by atoms with E-state index in [1.54, 1.807) is 12.1 Å². The first kappa shape index (κ1) is 56.4. The summed E-state index contributed by atoms with van der Waals surface area (Å²) in [5.74, 6) is 0. The van der Waals surface area contributed by atoms with Gasteiger partial charge in [0.05, 0.1) is 74.4 Å². The molecule has 0 amide bonds. The summed E-state index contributed by atoms with van der Waals surface area (Å²) in [6.07, 6.45) is 2.40. The largest absolute Gasteiger partial charge is 0.415 e. The van der Waals surface area contributed by atoms with Crippen molar-refractivity contribution < 1.29 is 13.2 Å². The van der Waals surface area contributed by atoms with E-state index in [4.69, 9.17) is 26.5 Å². The van der Waals surface area contributed by atoms with Crippen molar-refractivity contribution in [1.29, 1.82) is 5.26 Å². The predicted octanol–water partition coefficient (Wildman–Crippen LogP) is 21.9. The summed E-state index contributed by atoms with van der Waals surface area (Å²) in [5, 5.41) is 14.8. The van der Waals surface area contributed by atoms with E-state index in [-0.39, 0.29) is 16.8 Å². The lowest BCUT2D eigenvalue weighted by Gasteiger charge is -2.22. The maximum Gasteiger partial charge on any atom is 0.415 e. The van der Waals surface area contributed by atoms with Crippen molar-refractivity contribution in [2.75, 3.05) is 0 Å². The molecule has 0 unspecified atom stereocenters. The third kappa shape index (κ3) is 10.3. The quantitative estimate of drug-likeness (QED) is 0.120. The number of nitriles is 1. The second-order valence-electron chi connectivity index (χ2n) is 23.2. The van der Waals surface area contributed by atoms with E-state index in [2.05, 4.69) is 68.6 Å². The number of pyridine rings is 4. The molecule has 0 saturated heterocycles. The van der Waals surface area contributed by atoms with Crippen LogP contribution in [0, 0.1) is 17.9 Å². The highest BCUT2D eigenvalue weighted by Gasteiger charge is 2.33. The molecule has 10 aromatic carbocycles. The Morgan fingerprint density at radius 1 is 0.330 bits per heavy atom. The third-order valence-electron chi connectivity index (χ3n) is 17.6. The van der Waals surface area contributed by atoms with Gasteiger partial charge in [-0.05, 0) is 177 Å². The maximum absolute atomic E-state index is 15.5. The Morgan fingerprint density at radius 3 is 0.926 bits per heavy atom. The molecule has 0 radical (unpaired) electrons. The highest BCUT2D eigenvalue weighted by Crippen LogP contribution is 2.48. The van der Waals surface area contributed by atoms with Gasteiger partial charge in [0.25, 0.3) is 0 Å². The lowest BCUT2D eigenvalue weighted by atomic mass is 9.95. The normalized spacial score (nSPS) is 11.5. The van der Waals surface area contributed by atoms with Crippen LogP contribution in [0.25, 0.3) is 160 Å². The molecule has 0 N–H and O–H groups in total. The van der Waals surface area contributed by atoms with Crippen LogP contribution >= 0.6 is 0 Å². The molecule has 0 aliphatic carbocycles. The molecule has 0 aliphatic heterocycles. The monoisotopic (exact) mass is 1210 g/mol. The summed E-state index contributed by atoms with van der Waals surface area (Å²) >= 11 is 0. The molecule has 11 heteroatoms. The van der Waals surface area contributed by atoms with Gasteiger partial charge in [0, 0.05) is 79.7 Å². The fourth-order valence-electron chi connectivity index (χ4n) is 13.1. The molecule has 0 aliphatic rings. The van der Waals surface area contributed by atoms with Gasteiger partial charge in [-0.3, -0.25) is 19.9 Å². The zero-order valence-corrected chi connectivity index (χ0v) is 50.0. The van der Waals surface area contributed by atoms with E-state index < -0.39 is 11.7 Å². The van der Waals surface area contributed by atoms with Crippen LogP contribution < -0.4 is 0 Å². The zero-order chi connectivity index (χ0) is 63.4. The Kier molecular flexibility index (Phi) is 13.9. The van der Waals surface area contributed by atoms with Gasteiger partial charge in [-0.25, -0.2) is 4.85 Å². The van der Waals surface area contributed by atoms with Crippen LogP contribution in [-0.4, -0.2) is 29.1 Å². The van der Waals surface area contributed by atoms with Gasteiger partial charge in [-0.2, -0.15) is 18.4 Å². The molecular formula is C83H49F3N8. The predicted molar refractivity (Wildman–Crippen MR) is 371 cm³/mol. The van der Waals surface area contributed by atoms with Crippen LogP contribution in [0.2, 0.25) is 0 Å². The molecule has 6 heterocycles. The number of fused-ring (bicyclic) bond motifs is 6. The molecular weight excluding hydrogens is 1170 g/mol. The van der Waals surface area contributed by atoms with Crippen molar-refractivity contribution in [2.24, 2.45) is 0 Å². The number of benzene rings is 10. The highest BCUT2D eigenvalue weighted by molar-refractivity contribution is 6.15. The van der Waals surface area contributed by atoms with Crippen LogP contribution in [0.1, 0.15) is 11.1 Å². The number of halogens is 3. The van der Waals surface area contributed by atoms with E-state index in [1.165, 1.54) is 6.07 Å². The van der Waals surface area contributed by atoms with E-state index in [0.29, 0.717) is 16.9 Å². The molecule has 8 nitrogen and oxygen atoms in total. The summed E-state index contributed by atoms with van der Waals surface area (Å²) in [7, 11) is 0. The number of nitrogens with zero attached hydrogens (tertiary/aromatic N) is 8. The minimum Gasteiger partial charge on any atom is -0.308 e. The standard InChI is InChI=1S/C83H49F3N8/c1-88-67-41-65(40-66(50-67)83(84,85)86)82-80(93-76-26-22-57(61-30-34-89-72(46-61)53-14-6-2-7-15-53)42-68(76)69-43-58(23-27-77(69)93)62-31-35-90-73(47-62)54-16-8-3-9-17-54)38-52(51-87)39-81(82)94-78-28-24-59(63-32-36-91-74(48-63)55-18-10-4-11-19-55)44-70(78)71-45-60(25-29-79(71)94)64-33-37-92-75(49-64)56-20-12-5-13-21-56/h2-50H. The number of aromatic nitrogens is 6. The lowest BCUT2D eigenvalue weighted by Crippen LogP contribution is -2.07. The molecule has 16 aromatic rings. The van der Waals surface area contributed by atoms with Gasteiger partial charge in [0.1, 0.15) is 0 Å². The fourth-order valence-corrected chi connectivity index (χ4v) is 13.1. The Morgan fingerprint density at radius 2 is 0.638 bits per heavy atom. The molecule has 0 atom stereocenters. The number of hydrogen-bond donors (Lipinski definition) is 0. The molecule has 0 saturated carbocycles. The zero-order valence-electron chi connectivity index (χ0n) is 50.0. The first-order valence-electron chi connectivity index (χ1n) is 30.5. The Balaban J connectivity index is 0.985. The minimum absolute atomic E-state index is 0.132. The van der Waals surface area contributed by atoms with Gasteiger partial charge >= 0.3 is 6.18 Å². The van der Waals surface area contributed by atoms with Crippen molar-refractivity contribution in [3.63, 3.8) is 0 Å². The van der Waals surface area contributed by atoms with Gasteiger partial charge in [-0.1, -0.05) is 146 Å². The van der Waals surface area contributed by atoms with Crippen LogP contribution in [0.5, 0.6) is 0 Å². The number of hydrogen-bond acceptors (Lipinski definition) is 5. The number of rotatable bonds is 11. The average Bonchev–Trinajstić information content (AvgIpc) is 1.54. The van der Waals surface area contributed by atoms with E-state index >= 15 is 13.2 Å². The van der Waals surface area contributed by atoms with Crippen LogP contribution in [0.3, 0.4) is 0 Å². The molecule has 442 valence electrons. The van der Waals surface area contributed by atoms with Crippen molar-refractivity contribution in [2.45, 2.75) is 6.18 Å². The van der Waals surface area contributed by atoms with Crippen molar-refractivity contribution in [3.8, 4) is 118 Å². The van der Waals surface area contributed by atoms with Gasteiger partial charge in [0.2, 0.25) is 0 Å². The van der Waals surface area contributed by atoms with Gasteiger partial charge in [-0.15, -0.1) is 0 Å². The summed E-state index contributed by atoms with van der Waals surface area (Å²) in [4.78, 5) is 22.7. The summed E-state index contributed by atoms with van der Waals surface area (Å²) in [6, 6.07) is 90.8. The Hall–Kier alpha value is -12.8. The highest BCUT2D eigenvalue weighted by atomic mass is 19.4. The van der Waals surface area contributed by atoms with Gasteiger partial charge in [0.15, 0.2) is 5.69 Å². The lowest BCUT2D eigenvalue weighted by molar-refractivity contribution is -0.137. The molecule has 16 rings (SSSR count). The van der Waals surface area contributed by atoms with E-state index in [9.17, 15) is 5.26 Å². The molecule has 0 spiro atoms. The van der Waals surface area contributed by atoms with E-state index in [0.717, 1.165) is 145 Å². The SMILES string of the molecule is [C-]#[N+]c1cc(-c2c(-n3c4ccc(-c5ccnc(-c6ccccc6)c5)cc4c4cc(-c5ccnc(-c6ccccc6)c5)ccc43)cc(C#N)cc2-n2c3ccc(-c4ccnc(-c5ccccc5)c4)cc3c3cc(-c4ccnc(-c5ccccc5)c4)ccc32)cc(C(F)(F)F)c1. The Bertz CT molecular complexity index is 5160. The van der Waals surface area contributed by atoms with Crippen molar-refractivity contribution >= 4 is 49.3 Å². The van der Waals surface area contributed by atoms with Crippen LogP contribution in [0.4, 0.5) is 18.9 Å². The Labute approximate surface area is 538 Å². The topological polar surface area (TPSA) is 89.6 Å². The third-order valence-corrected chi connectivity index (χ3v) is 17.6. The fraction of sp³-hybridized carbons (Fsp3) is 0.0120. The average molecular weight is 1220 g/mol. The molecule has 0 bridgehead atoms. The van der Waals surface area contributed by atoms with Crippen molar-refractivity contribution in [1.82, 2.24) is 29.1 Å². The first-order chi connectivity index (χ1) is 46.1. The number of alkyl halides is 3. The second kappa shape index (κ2) is 23.2. The summed E-state index contributed by atoms with van der Waals surface area (Å²) < 4.78 is 50.7. The van der Waals surface area contributed by atoms with E-state index in [1.807, 2.05) is 219 Å². The smallest absolute Gasteiger partial charge is 0.308 e. The maximum atomic E-state index is 15.5.